The fourth-order valence-corrected chi connectivity index (χ4v) is 4.01. The maximum absolute atomic E-state index is 11.0. The highest BCUT2D eigenvalue weighted by Gasteiger charge is 2.33. The van der Waals surface area contributed by atoms with Gasteiger partial charge >= 0.3 is 0 Å². The monoisotopic (exact) mass is 319 g/mol. The summed E-state index contributed by atoms with van der Waals surface area (Å²) in [5.41, 5.74) is 0.271. The Morgan fingerprint density at radius 2 is 1.57 bits per heavy atom. The van der Waals surface area contributed by atoms with Crippen LogP contribution >= 0.6 is 23.4 Å². The molecule has 0 bridgehead atoms. The SMILES string of the molecule is OC1(c2ccccc2Sc2ccccc2Cl)CCNCC1. The van der Waals surface area contributed by atoms with E-state index in [1.54, 1.807) is 11.8 Å². The summed E-state index contributed by atoms with van der Waals surface area (Å²) in [5.74, 6) is 0. The van der Waals surface area contributed by atoms with Gasteiger partial charge in [0, 0.05) is 9.79 Å². The topological polar surface area (TPSA) is 32.3 Å². The summed E-state index contributed by atoms with van der Waals surface area (Å²) in [6, 6.07) is 15.9. The van der Waals surface area contributed by atoms with Crippen LogP contribution in [0, 0.1) is 0 Å². The third kappa shape index (κ3) is 3.27. The van der Waals surface area contributed by atoms with Gasteiger partial charge in [0.1, 0.15) is 0 Å². The molecule has 0 saturated carbocycles. The summed E-state index contributed by atoms with van der Waals surface area (Å²) in [7, 11) is 0. The fraction of sp³-hybridized carbons (Fsp3) is 0.294. The second-order valence-corrected chi connectivity index (χ2v) is 6.80. The number of piperidine rings is 1. The molecule has 0 atom stereocenters. The van der Waals surface area contributed by atoms with Crippen molar-refractivity contribution in [3.8, 4) is 0 Å². The first-order chi connectivity index (χ1) is 10.2. The number of hydrogen-bond donors (Lipinski definition) is 2. The Morgan fingerprint density at radius 1 is 0.952 bits per heavy atom. The van der Waals surface area contributed by atoms with Gasteiger partial charge in [-0.05, 0) is 49.7 Å². The predicted octanol–water partition coefficient (Wildman–Crippen LogP) is 4.06. The molecule has 1 fully saturated rings. The molecule has 4 heteroatoms. The molecule has 21 heavy (non-hydrogen) atoms. The number of nitrogens with one attached hydrogen (secondary N) is 1. The van der Waals surface area contributed by atoms with Crippen LogP contribution in [-0.4, -0.2) is 18.2 Å². The highest BCUT2D eigenvalue weighted by atomic mass is 35.5. The molecule has 0 aromatic heterocycles. The van der Waals surface area contributed by atoms with Crippen molar-refractivity contribution in [2.45, 2.75) is 28.2 Å². The van der Waals surface area contributed by atoms with Gasteiger partial charge < -0.3 is 10.4 Å². The van der Waals surface area contributed by atoms with E-state index in [1.165, 1.54) is 0 Å². The molecule has 1 aliphatic rings. The van der Waals surface area contributed by atoms with Crippen molar-refractivity contribution in [3.05, 3.63) is 59.1 Å². The number of aliphatic hydroxyl groups is 1. The Bertz CT molecular complexity index is 626. The minimum absolute atomic E-state index is 0.740. The molecule has 0 spiro atoms. The van der Waals surface area contributed by atoms with E-state index in [4.69, 9.17) is 11.6 Å². The first kappa shape index (κ1) is 14.9. The van der Waals surface area contributed by atoms with Crippen molar-refractivity contribution in [3.63, 3.8) is 0 Å². The zero-order valence-electron chi connectivity index (χ0n) is 11.7. The van der Waals surface area contributed by atoms with Crippen molar-refractivity contribution in [1.82, 2.24) is 5.32 Å². The van der Waals surface area contributed by atoms with Gasteiger partial charge in [0.25, 0.3) is 0 Å². The van der Waals surface area contributed by atoms with Crippen molar-refractivity contribution >= 4 is 23.4 Å². The van der Waals surface area contributed by atoms with Gasteiger partial charge in [-0.3, -0.25) is 0 Å². The number of hydrogen-bond acceptors (Lipinski definition) is 3. The van der Waals surface area contributed by atoms with Gasteiger partial charge in [-0.25, -0.2) is 0 Å². The lowest BCUT2D eigenvalue weighted by Gasteiger charge is -2.34. The molecule has 0 unspecified atom stereocenters. The van der Waals surface area contributed by atoms with Crippen LogP contribution < -0.4 is 5.32 Å². The lowest BCUT2D eigenvalue weighted by atomic mass is 9.85. The highest BCUT2D eigenvalue weighted by molar-refractivity contribution is 7.99. The molecule has 2 aromatic carbocycles. The Balaban J connectivity index is 1.95. The molecule has 2 N–H and O–H groups in total. The lowest BCUT2D eigenvalue weighted by Crippen LogP contribution is -2.40. The van der Waals surface area contributed by atoms with E-state index in [-0.39, 0.29) is 0 Å². The number of halogens is 1. The second-order valence-electron chi connectivity index (χ2n) is 5.31. The van der Waals surface area contributed by atoms with Gasteiger partial charge in [0.15, 0.2) is 0 Å². The maximum Gasteiger partial charge on any atom is 0.0931 e. The molecule has 1 heterocycles. The van der Waals surface area contributed by atoms with Crippen molar-refractivity contribution in [2.24, 2.45) is 0 Å². The summed E-state index contributed by atoms with van der Waals surface area (Å²) in [4.78, 5) is 2.10. The number of benzene rings is 2. The summed E-state index contributed by atoms with van der Waals surface area (Å²) in [6.45, 7) is 1.70. The zero-order chi connectivity index (χ0) is 14.7. The fourth-order valence-electron chi connectivity index (χ4n) is 2.70. The molecule has 1 saturated heterocycles. The van der Waals surface area contributed by atoms with Gasteiger partial charge in [-0.15, -0.1) is 0 Å². The van der Waals surface area contributed by atoms with Gasteiger partial charge in [0.2, 0.25) is 0 Å². The lowest BCUT2D eigenvalue weighted by molar-refractivity contribution is 0.00351. The van der Waals surface area contributed by atoms with Crippen LogP contribution in [0.2, 0.25) is 5.02 Å². The van der Waals surface area contributed by atoms with Crippen molar-refractivity contribution in [2.75, 3.05) is 13.1 Å². The molecule has 1 aliphatic heterocycles. The van der Waals surface area contributed by atoms with Crippen molar-refractivity contribution < 1.29 is 5.11 Å². The molecule has 2 aromatic rings. The third-order valence-electron chi connectivity index (χ3n) is 3.88. The van der Waals surface area contributed by atoms with Crippen molar-refractivity contribution in [1.29, 1.82) is 0 Å². The molecular weight excluding hydrogens is 302 g/mol. The summed E-state index contributed by atoms with van der Waals surface area (Å²) in [6.07, 6.45) is 1.49. The van der Waals surface area contributed by atoms with E-state index in [0.29, 0.717) is 0 Å². The predicted molar refractivity (Wildman–Crippen MR) is 88.0 cm³/mol. The summed E-state index contributed by atoms with van der Waals surface area (Å²) in [5, 5.41) is 15.0. The molecule has 0 aliphatic carbocycles. The maximum atomic E-state index is 11.0. The van der Waals surface area contributed by atoms with Crippen LogP contribution in [0.15, 0.2) is 58.3 Å². The Hall–Kier alpha value is -1.00. The average Bonchev–Trinajstić information content (AvgIpc) is 2.51. The normalized spacial score (nSPS) is 17.6. The minimum Gasteiger partial charge on any atom is -0.385 e. The van der Waals surface area contributed by atoms with Crippen LogP contribution in [0.4, 0.5) is 0 Å². The molecule has 3 rings (SSSR count). The van der Waals surface area contributed by atoms with E-state index >= 15 is 0 Å². The van der Waals surface area contributed by atoms with Crippen LogP contribution in [0.5, 0.6) is 0 Å². The van der Waals surface area contributed by atoms with E-state index in [2.05, 4.69) is 11.4 Å². The third-order valence-corrected chi connectivity index (χ3v) is 5.47. The van der Waals surface area contributed by atoms with Gasteiger partial charge in [0.05, 0.1) is 10.6 Å². The Morgan fingerprint density at radius 3 is 2.29 bits per heavy atom. The summed E-state index contributed by atoms with van der Waals surface area (Å²) >= 11 is 7.87. The highest BCUT2D eigenvalue weighted by Crippen LogP contribution is 2.41. The van der Waals surface area contributed by atoms with E-state index in [9.17, 15) is 5.11 Å². The van der Waals surface area contributed by atoms with E-state index in [0.717, 1.165) is 46.3 Å². The largest absolute Gasteiger partial charge is 0.385 e. The Labute approximate surface area is 134 Å². The average molecular weight is 320 g/mol. The van der Waals surface area contributed by atoms with Gasteiger partial charge in [-0.1, -0.05) is 53.7 Å². The molecular formula is C17H18ClNOS. The number of rotatable bonds is 3. The first-order valence-electron chi connectivity index (χ1n) is 7.14. The summed E-state index contributed by atoms with van der Waals surface area (Å²) < 4.78 is 0. The molecule has 0 amide bonds. The standard InChI is InChI=1S/C17H18ClNOS/c18-14-6-2-4-8-16(14)21-15-7-3-1-5-13(15)17(20)9-11-19-12-10-17/h1-8,19-20H,9-12H2. The second kappa shape index (κ2) is 6.41. The van der Waals surface area contributed by atoms with Gasteiger partial charge in [-0.2, -0.15) is 0 Å². The molecule has 110 valence electrons. The quantitative estimate of drug-likeness (QED) is 0.894. The van der Waals surface area contributed by atoms with Crippen LogP contribution in [0.3, 0.4) is 0 Å². The minimum atomic E-state index is -0.740. The molecule has 0 radical (unpaired) electrons. The molecule has 2 nitrogen and oxygen atoms in total. The Kier molecular flexibility index (Phi) is 4.55. The smallest absolute Gasteiger partial charge is 0.0931 e. The van der Waals surface area contributed by atoms with Crippen LogP contribution in [0.1, 0.15) is 18.4 Å². The van der Waals surface area contributed by atoms with E-state index < -0.39 is 5.60 Å². The zero-order valence-corrected chi connectivity index (χ0v) is 13.3. The van der Waals surface area contributed by atoms with Crippen LogP contribution in [-0.2, 0) is 5.60 Å². The first-order valence-corrected chi connectivity index (χ1v) is 8.33. The van der Waals surface area contributed by atoms with Crippen LogP contribution in [0.25, 0.3) is 0 Å². The van der Waals surface area contributed by atoms with E-state index in [1.807, 2.05) is 42.5 Å².